The summed E-state index contributed by atoms with van der Waals surface area (Å²) in [6, 6.07) is 7.17. The second-order valence-electron chi connectivity index (χ2n) is 7.94. The predicted octanol–water partition coefficient (Wildman–Crippen LogP) is 3.46. The zero-order valence-corrected chi connectivity index (χ0v) is 22.2. The van der Waals surface area contributed by atoms with Crippen molar-refractivity contribution in [2.75, 3.05) is 44.5 Å². The van der Waals surface area contributed by atoms with E-state index in [1.807, 2.05) is 24.9 Å². The van der Waals surface area contributed by atoms with Gasteiger partial charge in [-0.1, -0.05) is 23.7 Å². The molecule has 1 aliphatic rings. The molecule has 1 aromatic carbocycles. The molecule has 1 saturated heterocycles. The van der Waals surface area contributed by atoms with Gasteiger partial charge in [-0.2, -0.15) is 4.98 Å². The van der Waals surface area contributed by atoms with E-state index in [0.29, 0.717) is 22.8 Å². The maximum atomic E-state index is 12.5. The van der Waals surface area contributed by atoms with Gasteiger partial charge in [0.15, 0.2) is 0 Å². The SMILES string of the molecule is CCN(C)c1nc(N)[nH]c(=O)c1C.COC(COP1(=O)OCCC(c2cccc(Cl)c2)O1)[C@H](C)O. The molecule has 0 aliphatic carbocycles. The summed E-state index contributed by atoms with van der Waals surface area (Å²) in [5.41, 5.74) is 6.66. The number of halogens is 1. The van der Waals surface area contributed by atoms with Crippen LogP contribution in [0.15, 0.2) is 29.1 Å². The number of phosphoric ester groups is 1. The van der Waals surface area contributed by atoms with Crippen molar-refractivity contribution in [2.24, 2.45) is 0 Å². The molecule has 0 saturated carbocycles. The van der Waals surface area contributed by atoms with Crippen molar-refractivity contribution < 1.29 is 28.0 Å². The van der Waals surface area contributed by atoms with Gasteiger partial charge in [-0.15, -0.1) is 0 Å². The highest BCUT2D eigenvalue weighted by Crippen LogP contribution is 2.57. The topological polar surface area (TPSA) is 149 Å². The van der Waals surface area contributed by atoms with Crippen LogP contribution in [0, 0.1) is 6.92 Å². The smallest absolute Gasteiger partial charge is 0.391 e. The van der Waals surface area contributed by atoms with Crippen molar-refractivity contribution in [3.05, 3.63) is 50.8 Å². The molecule has 13 heteroatoms. The van der Waals surface area contributed by atoms with Gasteiger partial charge in [0.2, 0.25) is 5.95 Å². The Balaban J connectivity index is 0.000000283. The Morgan fingerprint density at radius 1 is 1.46 bits per heavy atom. The number of nitrogen functional groups attached to an aromatic ring is 1. The number of benzene rings is 1. The lowest BCUT2D eigenvalue weighted by Crippen LogP contribution is -2.30. The summed E-state index contributed by atoms with van der Waals surface area (Å²) >= 11 is 5.96. The van der Waals surface area contributed by atoms with Crippen LogP contribution >= 0.6 is 19.4 Å². The van der Waals surface area contributed by atoms with Crippen LogP contribution in [0.1, 0.15) is 37.5 Å². The molecule has 0 bridgehead atoms. The second kappa shape index (κ2) is 13.4. The molecular formula is C22H34ClN4O7P. The van der Waals surface area contributed by atoms with Gasteiger partial charge in [0, 0.05) is 32.1 Å². The largest absolute Gasteiger partial charge is 0.475 e. The number of aromatic amines is 1. The molecular weight excluding hydrogens is 499 g/mol. The highest BCUT2D eigenvalue weighted by atomic mass is 35.5. The van der Waals surface area contributed by atoms with Gasteiger partial charge in [-0.3, -0.25) is 23.3 Å². The molecule has 0 amide bonds. The number of nitrogens with one attached hydrogen (secondary N) is 1. The van der Waals surface area contributed by atoms with Crippen molar-refractivity contribution in [2.45, 2.75) is 45.5 Å². The van der Waals surface area contributed by atoms with Crippen molar-refractivity contribution >= 4 is 31.2 Å². The van der Waals surface area contributed by atoms with Gasteiger partial charge in [-0.25, -0.2) is 4.57 Å². The number of nitrogens with two attached hydrogens (primary N) is 1. The van der Waals surface area contributed by atoms with Gasteiger partial charge in [0.25, 0.3) is 5.56 Å². The zero-order chi connectivity index (χ0) is 26.2. The second-order valence-corrected chi connectivity index (χ2v) is 10.0. The molecule has 4 atom stereocenters. The minimum atomic E-state index is -3.69. The number of hydrogen-bond donors (Lipinski definition) is 3. The van der Waals surface area contributed by atoms with E-state index in [1.54, 1.807) is 32.0 Å². The van der Waals surface area contributed by atoms with Crippen LogP contribution in [0.4, 0.5) is 11.8 Å². The van der Waals surface area contributed by atoms with Crippen molar-refractivity contribution in [3.63, 3.8) is 0 Å². The summed E-state index contributed by atoms with van der Waals surface area (Å²) < 4.78 is 33.5. The number of methoxy groups -OCH3 is 1. The molecule has 2 aromatic rings. The Kier molecular flexibility index (Phi) is 11.2. The monoisotopic (exact) mass is 532 g/mol. The number of rotatable bonds is 8. The number of phosphoric acid groups is 1. The third kappa shape index (κ3) is 8.57. The number of hydrogen-bond acceptors (Lipinski definition) is 10. The van der Waals surface area contributed by atoms with E-state index in [2.05, 4.69) is 9.97 Å². The quantitative estimate of drug-likeness (QED) is 0.431. The Morgan fingerprint density at radius 2 is 2.17 bits per heavy atom. The lowest BCUT2D eigenvalue weighted by molar-refractivity contribution is -0.0450. The third-order valence-electron chi connectivity index (χ3n) is 5.32. The number of aromatic nitrogens is 2. The minimum Gasteiger partial charge on any atom is -0.391 e. The van der Waals surface area contributed by atoms with Gasteiger partial charge in [-0.05, 0) is 38.5 Å². The molecule has 1 aliphatic heterocycles. The van der Waals surface area contributed by atoms with Crippen molar-refractivity contribution in [1.82, 2.24) is 9.97 Å². The fourth-order valence-corrected chi connectivity index (χ4v) is 4.73. The number of H-pyrrole nitrogens is 1. The predicted molar refractivity (Wildman–Crippen MR) is 135 cm³/mol. The molecule has 3 rings (SSSR count). The van der Waals surface area contributed by atoms with E-state index in [1.165, 1.54) is 7.11 Å². The summed E-state index contributed by atoms with van der Waals surface area (Å²) in [5.74, 6) is 0.801. The molecule has 0 spiro atoms. The fourth-order valence-electron chi connectivity index (χ4n) is 3.14. The van der Waals surface area contributed by atoms with Gasteiger partial charge >= 0.3 is 7.82 Å². The first-order chi connectivity index (χ1) is 16.5. The van der Waals surface area contributed by atoms with E-state index in [4.69, 9.17) is 35.6 Å². The minimum absolute atomic E-state index is 0.0896. The van der Waals surface area contributed by atoms with Crippen LogP contribution in [-0.2, 0) is 22.9 Å². The van der Waals surface area contributed by atoms with Crippen molar-refractivity contribution in [3.8, 4) is 0 Å². The Morgan fingerprint density at radius 3 is 2.77 bits per heavy atom. The van der Waals surface area contributed by atoms with Crippen LogP contribution in [0.5, 0.6) is 0 Å². The summed E-state index contributed by atoms with van der Waals surface area (Å²) in [6.45, 7) is 6.22. The number of nitrogens with zero attached hydrogens (tertiary/aromatic N) is 2. The maximum absolute atomic E-state index is 12.5. The summed E-state index contributed by atoms with van der Waals surface area (Å²) in [4.78, 5) is 19.6. The lowest BCUT2D eigenvalue weighted by atomic mass is 10.1. The molecule has 2 heterocycles. The number of aliphatic hydroxyl groups is 1. The van der Waals surface area contributed by atoms with Crippen LogP contribution in [0.3, 0.4) is 0 Å². The Bertz CT molecular complexity index is 1070. The molecule has 11 nitrogen and oxygen atoms in total. The first-order valence-electron chi connectivity index (χ1n) is 11.1. The number of ether oxygens (including phenoxy) is 1. The van der Waals surface area contributed by atoms with E-state index in [0.717, 1.165) is 12.1 Å². The average molecular weight is 533 g/mol. The standard InChI is InChI=1S/C14H20ClO6P.C8H14N4O/c1-10(16)14(18-2)9-20-22(17)19-7-6-13(21-22)11-4-3-5-12(15)8-11;1-4-12(3)6-5(2)7(13)11-8(9)10-6/h3-5,8,10,13-14,16H,6-7,9H2,1-2H3;4H2,1-3H3,(H3,9,10,11,13)/t10-,13?,14?,22?;/m0./s1. The summed E-state index contributed by atoms with van der Waals surface area (Å²) in [5, 5.41) is 10.1. The highest BCUT2D eigenvalue weighted by molar-refractivity contribution is 7.48. The van der Waals surface area contributed by atoms with Gasteiger partial charge in [0.1, 0.15) is 11.9 Å². The van der Waals surface area contributed by atoms with E-state index >= 15 is 0 Å². The van der Waals surface area contributed by atoms with Crippen LogP contribution in [-0.4, -0.2) is 61.2 Å². The van der Waals surface area contributed by atoms with Gasteiger partial charge in [0.05, 0.1) is 31.0 Å². The molecule has 3 unspecified atom stereocenters. The first kappa shape index (κ1) is 29.3. The van der Waals surface area contributed by atoms with Crippen LogP contribution < -0.4 is 16.2 Å². The summed E-state index contributed by atoms with van der Waals surface area (Å²) in [7, 11) is -0.383. The average Bonchev–Trinajstić information content (AvgIpc) is 2.81. The molecule has 1 aromatic heterocycles. The first-order valence-corrected chi connectivity index (χ1v) is 12.9. The summed E-state index contributed by atoms with van der Waals surface area (Å²) in [6.07, 6.45) is -1.22. The van der Waals surface area contributed by atoms with Gasteiger partial charge < -0.3 is 20.5 Å². The third-order valence-corrected chi connectivity index (χ3v) is 7.04. The van der Waals surface area contributed by atoms with Crippen LogP contribution in [0.2, 0.25) is 5.02 Å². The lowest BCUT2D eigenvalue weighted by Gasteiger charge is -2.30. The van der Waals surface area contributed by atoms with E-state index in [-0.39, 0.29) is 24.7 Å². The molecule has 4 N–H and O–H groups in total. The molecule has 0 radical (unpaired) electrons. The zero-order valence-electron chi connectivity index (χ0n) is 20.6. The van der Waals surface area contributed by atoms with Crippen LogP contribution in [0.25, 0.3) is 0 Å². The highest BCUT2D eigenvalue weighted by Gasteiger charge is 2.37. The van der Waals surface area contributed by atoms with E-state index < -0.39 is 26.1 Å². The molecule has 35 heavy (non-hydrogen) atoms. The Labute approximate surface area is 210 Å². The van der Waals surface area contributed by atoms with E-state index in [9.17, 15) is 14.5 Å². The van der Waals surface area contributed by atoms with Crippen molar-refractivity contribution in [1.29, 1.82) is 0 Å². The number of anilines is 2. The Hall–Kier alpha value is -1.98. The maximum Gasteiger partial charge on any atom is 0.475 e. The normalized spacial score (nSPS) is 21.5. The molecule has 196 valence electrons. The fraction of sp³-hybridized carbons (Fsp3) is 0.545. The number of aliphatic hydroxyl groups excluding tert-OH is 1. The molecule has 1 fully saturated rings.